The van der Waals surface area contributed by atoms with Crippen molar-refractivity contribution in [1.82, 2.24) is 4.98 Å². The molecule has 1 aromatic heterocycles. The van der Waals surface area contributed by atoms with Gasteiger partial charge in [0.2, 0.25) is 0 Å². The minimum absolute atomic E-state index is 0.909. The fraction of sp³-hybridized carbons (Fsp3) is 0. The minimum Gasteiger partial charge on any atom is -0.249 e. The van der Waals surface area contributed by atoms with Crippen LogP contribution in [0.2, 0.25) is 0 Å². The first-order valence-corrected chi connectivity index (χ1v) is 5.33. The Bertz CT molecular complexity index is 313. The molecule has 1 rings (SSSR count). The normalized spacial score (nSPS) is 8.33. The predicted octanol–water partition coefficient (Wildman–Crippen LogP) is 2.32. The van der Waals surface area contributed by atoms with Gasteiger partial charge in [-0.25, -0.2) is 9.78 Å². The van der Waals surface area contributed by atoms with Gasteiger partial charge in [-0.3, -0.25) is 0 Å². The maximum Gasteiger partial charge on any atom is 0.177 e. The van der Waals surface area contributed by atoms with E-state index >= 15 is 0 Å². The number of hydrogen-bond acceptors (Lipinski definition) is 4. The van der Waals surface area contributed by atoms with Crippen molar-refractivity contribution in [2.75, 3.05) is 0 Å². The predicted molar refractivity (Wildman–Crippen MR) is 51.5 cm³/mol. The average Bonchev–Trinajstić information content (AvgIpc) is 2.14. The third-order valence-corrected chi connectivity index (χ3v) is 2.75. The monoisotopic (exact) mass is 195 g/mol. The van der Waals surface area contributed by atoms with E-state index in [2.05, 4.69) is 10.7 Å². The molecule has 0 N–H and O–H groups in total. The fourth-order valence-electron chi connectivity index (χ4n) is 0.518. The van der Waals surface area contributed by atoms with E-state index < -0.39 is 0 Å². The van der Waals surface area contributed by atoms with Crippen LogP contribution in [0.4, 0.5) is 0 Å². The van der Waals surface area contributed by atoms with Crippen molar-refractivity contribution in [2.24, 2.45) is 0 Å². The fourth-order valence-corrected chi connectivity index (χ4v) is 1.88. The van der Waals surface area contributed by atoms with Gasteiger partial charge in [0.05, 0.1) is 0 Å². The van der Waals surface area contributed by atoms with Crippen LogP contribution >= 0.6 is 21.6 Å². The molecular formula is C8H5NOS2. The van der Waals surface area contributed by atoms with Crippen molar-refractivity contribution in [2.45, 2.75) is 5.03 Å². The van der Waals surface area contributed by atoms with Gasteiger partial charge in [0.1, 0.15) is 5.03 Å². The van der Waals surface area contributed by atoms with Crippen molar-refractivity contribution >= 4 is 27.5 Å². The summed E-state index contributed by atoms with van der Waals surface area (Å²) in [5.74, 6) is 1.54. The van der Waals surface area contributed by atoms with Gasteiger partial charge in [-0.2, -0.15) is 0 Å². The molecule has 0 fully saturated rings. The first-order chi connectivity index (χ1) is 5.93. The highest BCUT2D eigenvalue weighted by atomic mass is 33.1. The van der Waals surface area contributed by atoms with Crippen molar-refractivity contribution in [3.05, 3.63) is 35.5 Å². The lowest BCUT2D eigenvalue weighted by molar-refractivity contribution is 0.569. The van der Waals surface area contributed by atoms with E-state index in [-0.39, 0.29) is 0 Å². The molecule has 4 heteroatoms. The molecule has 0 unspecified atom stereocenters. The standard InChI is InChI=1S/C8H5NOS2/c10-6-3-7-11-12-8-4-1-2-5-9-8/h1-2,4-5,7H. The SMILES string of the molecule is O=C=C=CSSc1ccccn1. The van der Waals surface area contributed by atoms with Gasteiger partial charge in [-0.05, 0) is 39.5 Å². The number of carbonyl (C=O) groups excluding carboxylic acids is 1. The Hall–Kier alpha value is -0.920. The Labute approximate surface area is 78.2 Å². The van der Waals surface area contributed by atoms with Crippen molar-refractivity contribution in [3.8, 4) is 0 Å². The van der Waals surface area contributed by atoms with Crippen LogP contribution in [0.15, 0.2) is 40.6 Å². The topological polar surface area (TPSA) is 30.0 Å². The number of pyridine rings is 1. The smallest absolute Gasteiger partial charge is 0.177 e. The molecule has 0 spiro atoms. The second kappa shape index (κ2) is 5.70. The van der Waals surface area contributed by atoms with Gasteiger partial charge in [0.25, 0.3) is 0 Å². The Morgan fingerprint density at radius 1 is 1.50 bits per heavy atom. The lowest BCUT2D eigenvalue weighted by Crippen LogP contribution is -1.71. The second-order valence-corrected chi connectivity index (χ2v) is 3.80. The molecule has 0 bridgehead atoms. The second-order valence-electron chi connectivity index (χ2n) is 1.71. The molecule has 0 amide bonds. The highest BCUT2D eigenvalue weighted by Gasteiger charge is 1.89. The molecule has 0 atom stereocenters. The zero-order chi connectivity index (χ0) is 8.65. The third kappa shape index (κ3) is 3.46. The van der Waals surface area contributed by atoms with Crippen molar-refractivity contribution < 1.29 is 4.79 Å². The van der Waals surface area contributed by atoms with Gasteiger partial charge in [-0.15, -0.1) is 0 Å². The largest absolute Gasteiger partial charge is 0.249 e. The van der Waals surface area contributed by atoms with Gasteiger partial charge < -0.3 is 0 Å². The van der Waals surface area contributed by atoms with Gasteiger partial charge >= 0.3 is 0 Å². The summed E-state index contributed by atoms with van der Waals surface area (Å²) in [5.41, 5.74) is 2.30. The van der Waals surface area contributed by atoms with Crippen LogP contribution in [-0.2, 0) is 4.79 Å². The number of nitrogens with zero attached hydrogens (tertiary/aromatic N) is 1. The lowest BCUT2D eigenvalue weighted by atomic mass is 10.5. The first-order valence-electron chi connectivity index (χ1n) is 3.12. The zero-order valence-corrected chi connectivity index (χ0v) is 7.69. The molecule has 12 heavy (non-hydrogen) atoms. The van der Waals surface area contributed by atoms with E-state index in [1.54, 1.807) is 17.5 Å². The van der Waals surface area contributed by atoms with Gasteiger partial charge in [0.15, 0.2) is 5.94 Å². The van der Waals surface area contributed by atoms with Gasteiger partial charge in [0, 0.05) is 11.6 Å². The zero-order valence-electron chi connectivity index (χ0n) is 6.06. The van der Waals surface area contributed by atoms with Crippen molar-refractivity contribution in [3.63, 3.8) is 0 Å². The van der Waals surface area contributed by atoms with Crippen LogP contribution in [0.5, 0.6) is 0 Å². The molecule has 1 aromatic rings. The third-order valence-electron chi connectivity index (χ3n) is 0.937. The molecule has 0 aliphatic carbocycles. The Morgan fingerprint density at radius 3 is 3.08 bits per heavy atom. The molecule has 0 radical (unpaired) electrons. The minimum atomic E-state index is 0.909. The molecule has 0 saturated heterocycles. The summed E-state index contributed by atoms with van der Waals surface area (Å²) in [6.07, 6.45) is 1.72. The summed E-state index contributed by atoms with van der Waals surface area (Å²) in [6, 6.07) is 5.67. The van der Waals surface area contributed by atoms with Crippen LogP contribution < -0.4 is 0 Å². The summed E-state index contributed by atoms with van der Waals surface area (Å²) in [4.78, 5) is 13.8. The molecule has 0 aliphatic rings. The van der Waals surface area contributed by atoms with E-state index in [0.29, 0.717) is 0 Å². The average molecular weight is 195 g/mol. The quantitative estimate of drug-likeness (QED) is 0.420. The van der Waals surface area contributed by atoms with Crippen LogP contribution in [0.3, 0.4) is 0 Å². The van der Waals surface area contributed by atoms with E-state index in [9.17, 15) is 4.79 Å². The molecule has 0 saturated carbocycles. The number of rotatable bonds is 3. The van der Waals surface area contributed by atoms with E-state index in [4.69, 9.17) is 0 Å². The van der Waals surface area contributed by atoms with E-state index in [1.807, 2.05) is 18.2 Å². The molecule has 60 valence electrons. The van der Waals surface area contributed by atoms with E-state index in [0.717, 1.165) is 5.03 Å². The summed E-state index contributed by atoms with van der Waals surface area (Å²) in [7, 11) is 2.86. The molecule has 0 aliphatic heterocycles. The Balaban J connectivity index is 2.44. The maximum atomic E-state index is 9.71. The van der Waals surface area contributed by atoms with Crippen LogP contribution in [0, 0.1) is 0 Å². The molecule has 2 nitrogen and oxygen atoms in total. The number of hydrogen-bond donors (Lipinski definition) is 0. The summed E-state index contributed by atoms with van der Waals surface area (Å²) >= 11 is 0. The van der Waals surface area contributed by atoms with Crippen molar-refractivity contribution in [1.29, 1.82) is 0 Å². The summed E-state index contributed by atoms with van der Waals surface area (Å²) in [5, 5.41) is 2.46. The molecular weight excluding hydrogens is 190 g/mol. The maximum absolute atomic E-state index is 9.71. The Kier molecular flexibility index (Phi) is 4.35. The van der Waals surface area contributed by atoms with Gasteiger partial charge in [-0.1, -0.05) is 6.07 Å². The molecule has 1 heterocycles. The summed E-state index contributed by atoms with van der Waals surface area (Å²) in [6.45, 7) is 0. The Morgan fingerprint density at radius 2 is 2.42 bits per heavy atom. The lowest BCUT2D eigenvalue weighted by Gasteiger charge is -1.91. The van der Waals surface area contributed by atoms with Crippen LogP contribution in [0.1, 0.15) is 0 Å². The van der Waals surface area contributed by atoms with E-state index in [1.165, 1.54) is 21.6 Å². The highest BCUT2D eigenvalue weighted by Crippen LogP contribution is 2.29. The first kappa shape index (κ1) is 9.17. The van der Waals surface area contributed by atoms with Crippen LogP contribution in [0.25, 0.3) is 0 Å². The summed E-state index contributed by atoms with van der Waals surface area (Å²) < 4.78 is 0. The highest BCUT2D eigenvalue weighted by molar-refractivity contribution is 8.77. The van der Waals surface area contributed by atoms with Crippen LogP contribution in [-0.4, -0.2) is 10.9 Å². The number of aromatic nitrogens is 1. The molecule has 0 aromatic carbocycles.